The van der Waals surface area contributed by atoms with Crippen molar-refractivity contribution in [2.24, 2.45) is 0 Å². The van der Waals surface area contributed by atoms with Crippen molar-refractivity contribution >= 4 is 17.5 Å². The van der Waals surface area contributed by atoms with Crippen molar-refractivity contribution in [3.63, 3.8) is 0 Å². The molecule has 1 aromatic carbocycles. The molecule has 80 valence electrons. The van der Waals surface area contributed by atoms with Crippen LogP contribution in [0.25, 0.3) is 0 Å². The van der Waals surface area contributed by atoms with Crippen molar-refractivity contribution in [1.82, 2.24) is 0 Å². The van der Waals surface area contributed by atoms with Crippen LogP contribution in [0, 0.1) is 11.6 Å². The lowest BCUT2D eigenvalue weighted by atomic mass is 9.99. The van der Waals surface area contributed by atoms with Crippen LogP contribution in [-0.2, 0) is 5.75 Å². The van der Waals surface area contributed by atoms with E-state index in [0.29, 0.717) is 12.2 Å². The molecule has 1 aliphatic rings. The first-order valence-electron chi connectivity index (χ1n) is 4.77. The zero-order chi connectivity index (χ0) is 11.0. The normalized spacial score (nSPS) is 20.2. The Morgan fingerprint density at radius 1 is 1.40 bits per heavy atom. The molecule has 0 saturated carbocycles. The highest BCUT2D eigenvalue weighted by molar-refractivity contribution is 8.00. The van der Waals surface area contributed by atoms with Crippen molar-refractivity contribution in [1.29, 1.82) is 0 Å². The first-order valence-corrected chi connectivity index (χ1v) is 5.82. The van der Waals surface area contributed by atoms with Gasteiger partial charge in [0.25, 0.3) is 0 Å². The molecule has 0 spiro atoms. The third kappa shape index (κ3) is 1.67. The summed E-state index contributed by atoms with van der Waals surface area (Å²) in [5.74, 6) is -0.985. The van der Waals surface area contributed by atoms with Gasteiger partial charge in [-0.2, -0.15) is 0 Å². The van der Waals surface area contributed by atoms with Crippen molar-refractivity contribution in [2.45, 2.75) is 24.3 Å². The molecule has 0 aromatic heterocycles. The van der Waals surface area contributed by atoms with Gasteiger partial charge in [0.05, 0.1) is 10.8 Å². The molecule has 0 N–H and O–H groups in total. The molecule has 1 nitrogen and oxygen atoms in total. The minimum absolute atomic E-state index is 0.0411. The van der Waals surface area contributed by atoms with Crippen LogP contribution in [0.4, 0.5) is 8.78 Å². The Labute approximate surface area is 90.9 Å². The first-order chi connectivity index (χ1) is 7.15. The number of Topliss-reactive ketones (excluding diaryl/α,β-unsaturated/α-hetero) is 1. The fourth-order valence-corrected chi connectivity index (χ4v) is 2.88. The van der Waals surface area contributed by atoms with Gasteiger partial charge in [-0.15, -0.1) is 11.8 Å². The molecule has 0 amide bonds. The number of fused-ring (bicyclic) bond motifs is 1. The molecule has 15 heavy (non-hydrogen) atoms. The summed E-state index contributed by atoms with van der Waals surface area (Å²) in [6.07, 6.45) is 0.652. The van der Waals surface area contributed by atoms with E-state index in [4.69, 9.17) is 0 Å². The second-order valence-electron chi connectivity index (χ2n) is 3.45. The summed E-state index contributed by atoms with van der Waals surface area (Å²) in [6.45, 7) is 1.87. The zero-order valence-corrected chi connectivity index (χ0v) is 9.04. The number of ketones is 1. The van der Waals surface area contributed by atoms with E-state index in [1.54, 1.807) is 0 Å². The second-order valence-corrected chi connectivity index (χ2v) is 4.65. The summed E-state index contributed by atoms with van der Waals surface area (Å²) < 4.78 is 26.7. The molecule has 1 aromatic rings. The molecule has 1 unspecified atom stereocenters. The predicted molar refractivity (Wildman–Crippen MR) is 56.1 cm³/mol. The Morgan fingerprint density at radius 2 is 2.07 bits per heavy atom. The molecule has 0 radical (unpaired) electrons. The molecule has 1 aliphatic heterocycles. The fraction of sp³-hybridized carbons (Fsp3) is 0.364. The number of rotatable bonds is 1. The van der Waals surface area contributed by atoms with Crippen molar-refractivity contribution < 1.29 is 13.6 Å². The number of halogens is 2. The molecule has 1 atom stereocenters. The molecule has 1 heterocycles. The number of benzene rings is 1. The molecule has 2 rings (SSSR count). The lowest BCUT2D eigenvalue weighted by Gasteiger charge is -2.22. The van der Waals surface area contributed by atoms with Crippen LogP contribution in [0.3, 0.4) is 0 Å². The number of hydrogen-bond donors (Lipinski definition) is 0. The second kappa shape index (κ2) is 3.93. The number of thioether (sulfide) groups is 1. The molecule has 0 bridgehead atoms. The lowest BCUT2D eigenvalue weighted by Crippen LogP contribution is -2.24. The van der Waals surface area contributed by atoms with E-state index in [2.05, 4.69) is 0 Å². The van der Waals surface area contributed by atoms with Gasteiger partial charge in [-0.1, -0.05) is 6.92 Å². The van der Waals surface area contributed by atoms with Gasteiger partial charge in [0.15, 0.2) is 5.78 Å². The van der Waals surface area contributed by atoms with E-state index < -0.39 is 11.6 Å². The largest absolute Gasteiger partial charge is 0.293 e. The topological polar surface area (TPSA) is 17.1 Å². The quantitative estimate of drug-likeness (QED) is 0.734. The Morgan fingerprint density at radius 3 is 2.73 bits per heavy atom. The molecule has 0 fully saturated rings. The molecule has 0 saturated heterocycles. The van der Waals surface area contributed by atoms with Crippen LogP contribution in [0.5, 0.6) is 0 Å². The maximum atomic E-state index is 13.4. The van der Waals surface area contributed by atoms with Gasteiger partial charge in [-0.3, -0.25) is 4.79 Å². The van der Waals surface area contributed by atoms with E-state index >= 15 is 0 Å². The summed E-state index contributed by atoms with van der Waals surface area (Å²) in [4.78, 5) is 11.8. The summed E-state index contributed by atoms with van der Waals surface area (Å²) in [6, 6.07) is 2.10. The van der Waals surface area contributed by atoms with Crippen LogP contribution in [-0.4, -0.2) is 11.0 Å². The fourth-order valence-electron chi connectivity index (χ4n) is 1.73. The van der Waals surface area contributed by atoms with E-state index in [0.717, 1.165) is 12.1 Å². The minimum Gasteiger partial charge on any atom is -0.293 e. The Kier molecular flexibility index (Phi) is 2.78. The van der Waals surface area contributed by atoms with Gasteiger partial charge in [0.2, 0.25) is 0 Å². The highest BCUT2D eigenvalue weighted by Crippen LogP contribution is 2.34. The van der Waals surface area contributed by atoms with Crippen molar-refractivity contribution in [3.8, 4) is 0 Å². The van der Waals surface area contributed by atoms with Gasteiger partial charge in [-0.25, -0.2) is 8.78 Å². The maximum absolute atomic E-state index is 13.4. The van der Waals surface area contributed by atoms with Gasteiger partial charge in [-0.05, 0) is 18.6 Å². The Hall–Kier alpha value is -0.900. The van der Waals surface area contributed by atoms with Gasteiger partial charge in [0.1, 0.15) is 11.6 Å². The SMILES string of the molecule is CCC1SCc2c(F)ccc(F)c2C1=O. The third-order valence-electron chi connectivity index (χ3n) is 2.54. The highest BCUT2D eigenvalue weighted by atomic mass is 32.2. The van der Waals surface area contributed by atoms with E-state index in [1.807, 2.05) is 6.92 Å². The molecule has 0 aliphatic carbocycles. The van der Waals surface area contributed by atoms with Crippen LogP contribution < -0.4 is 0 Å². The van der Waals surface area contributed by atoms with Crippen LogP contribution in [0.1, 0.15) is 29.3 Å². The van der Waals surface area contributed by atoms with E-state index in [1.165, 1.54) is 11.8 Å². The molecular formula is C11H10F2OS. The van der Waals surface area contributed by atoms with Gasteiger partial charge >= 0.3 is 0 Å². The maximum Gasteiger partial charge on any atom is 0.179 e. The van der Waals surface area contributed by atoms with Crippen molar-refractivity contribution in [2.75, 3.05) is 0 Å². The van der Waals surface area contributed by atoms with Gasteiger partial charge in [0, 0.05) is 11.3 Å². The molecule has 4 heteroatoms. The highest BCUT2D eigenvalue weighted by Gasteiger charge is 2.31. The smallest absolute Gasteiger partial charge is 0.179 e. The Bertz CT molecular complexity index is 417. The van der Waals surface area contributed by atoms with E-state index in [9.17, 15) is 13.6 Å². The number of carbonyl (C=O) groups excluding carboxylic acids is 1. The van der Waals surface area contributed by atoms with E-state index in [-0.39, 0.29) is 22.2 Å². The van der Waals surface area contributed by atoms with Crippen LogP contribution >= 0.6 is 11.8 Å². The number of carbonyl (C=O) groups is 1. The monoisotopic (exact) mass is 228 g/mol. The zero-order valence-electron chi connectivity index (χ0n) is 8.22. The predicted octanol–water partition coefficient (Wildman–Crippen LogP) is 3.17. The molecular weight excluding hydrogens is 218 g/mol. The Balaban J connectivity index is 2.55. The summed E-state index contributed by atoms with van der Waals surface area (Å²) >= 11 is 1.38. The summed E-state index contributed by atoms with van der Waals surface area (Å²) in [5.41, 5.74) is 0.176. The lowest BCUT2D eigenvalue weighted by molar-refractivity contribution is 0.0981. The average Bonchev–Trinajstić information content (AvgIpc) is 2.23. The minimum atomic E-state index is -0.602. The number of hydrogen-bond acceptors (Lipinski definition) is 2. The van der Waals surface area contributed by atoms with Gasteiger partial charge < -0.3 is 0 Å². The van der Waals surface area contributed by atoms with Crippen LogP contribution in [0.15, 0.2) is 12.1 Å². The summed E-state index contributed by atoms with van der Waals surface area (Å²) in [5, 5.41) is -0.228. The summed E-state index contributed by atoms with van der Waals surface area (Å²) in [7, 11) is 0. The van der Waals surface area contributed by atoms with Crippen molar-refractivity contribution in [3.05, 3.63) is 34.9 Å². The standard InChI is InChI=1S/C11H10F2OS/c1-2-9-11(14)10-6(5-15-9)7(12)3-4-8(10)13/h3-4,9H,2,5H2,1H3. The third-order valence-corrected chi connectivity index (χ3v) is 3.95. The average molecular weight is 228 g/mol. The first kappa shape index (κ1) is 10.6. The van der Waals surface area contributed by atoms with Crippen LogP contribution in [0.2, 0.25) is 0 Å².